The Hall–Kier alpha value is -1.94. The largest absolute Gasteiger partial charge is 0.487 e. The number of nitrogens with one attached hydrogen (secondary N) is 1. The van der Waals surface area contributed by atoms with Gasteiger partial charge in [0.1, 0.15) is 17.3 Å². The maximum Gasteiger partial charge on any atom is 0.317 e. The fourth-order valence-corrected chi connectivity index (χ4v) is 2.56. The van der Waals surface area contributed by atoms with E-state index in [0.717, 1.165) is 0 Å². The monoisotopic (exact) mass is 321 g/mol. The number of carbonyl (C=O) groups excluding carboxylic acids is 1. The molecule has 10 heteroatoms. The van der Waals surface area contributed by atoms with Crippen LogP contribution in [0.1, 0.15) is 0 Å². The molecule has 1 aromatic carbocycles. The number of carbonyl (C=O) groups is 1. The summed E-state index contributed by atoms with van der Waals surface area (Å²) in [6.07, 6.45) is 0. The first-order chi connectivity index (χ1) is 9.79. The van der Waals surface area contributed by atoms with E-state index >= 15 is 0 Å². The second-order valence-electron chi connectivity index (χ2n) is 4.33. The third kappa shape index (κ3) is 3.58. The molecule has 0 unspecified atom stereocenters. The molecule has 7 nitrogen and oxygen atoms in total. The molecule has 0 atom stereocenters. The summed E-state index contributed by atoms with van der Waals surface area (Å²) >= 11 is 0. The average molecular weight is 321 g/mol. The predicted molar refractivity (Wildman–Crippen MR) is 68.2 cm³/mol. The van der Waals surface area contributed by atoms with Crippen molar-refractivity contribution in [3.63, 3.8) is 0 Å². The van der Waals surface area contributed by atoms with Gasteiger partial charge in [0, 0.05) is 19.2 Å². The minimum Gasteiger partial charge on any atom is -0.487 e. The second kappa shape index (κ2) is 5.82. The summed E-state index contributed by atoms with van der Waals surface area (Å²) in [4.78, 5) is 11.9. The molecule has 0 radical (unpaired) electrons. The van der Waals surface area contributed by atoms with Crippen LogP contribution >= 0.6 is 0 Å². The number of nitrogens with zero attached hydrogens (tertiary/aromatic N) is 1. The Kier molecular flexibility index (Phi) is 4.28. The zero-order valence-corrected chi connectivity index (χ0v) is 11.6. The lowest BCUT2D eigenvalue weighted by Crippen LogP contribution is -2.32. The maximum absolute atomic E-state index is 13.6. The number of hydrogen-bond acceptors (Lipinski definition) is 4. The molecule has 2 rings (SSSR count). The normalized spacial score (nSPS) is 15.2. The van der Waals surface area contributed by atoms with E-state index in [-0.39, 0.29) is 19.2 Å². The minimum atomic E-state index is -4.34. The van der Waals surface area contributed by atoms with E-state index in [9.17, 15) is 22.0 Å². The van der Waals surface area contributed by atoms with Crippen molar-refractivity contribution in [1.29, 1.82) is 0 Å². The van der Waals surface area contributed by atoms with Gasteiger partial charge in [0.2, 0.25) is 10.0 Å². The first-order valence-corrected chi connectivity index (χ1v) is 7.51. The summed E-state index contributed by atoms with van der Waals surface area (Å²) in [5.41, 5.74) is 0. The molecule has 1 aliphatic heterocycles. The molecular weight excluding hydrogens is 308 g/mol. The summed E-state index contributed by atoms with van der Waals surface area (Å²) in [6.45, 7) is 0.938. The SMILES string of the molecule is NS(=O)(=O)c1cc(F)cc(F)c1OCCN1CCNC1=O. The number of hydrogen-bond donors (Lipinski definition) is 2. The lowest BCUT2D eigenvalue weighted by molar-refractivity contribution is 0.199. The molecule has 1 heterocycles. The molecule has 0 aliphatic carbocycles. The van der Waals surface area contributed by atoms with Gasteiger partial charge in [0.15, 0.2) is 11.6 Å². The standard InChI is InChI=1S/C11H13F2N3O4S/c12-7-5-8(13)10(9(6-7)21(14,18)19)20-4-3-16-2-1-15-11(16)17/h5-6H,1-4H2,(H,15,17)(H2,14,18,19). The summed E-state index contributed by atoms with van der Waals surface area (Å²) in [6, 6.07) is 0.785. The maximum atomic E-state index is 13.6. The van der Waals surface area contributed by atoms with Crippen LogP contribution < -0.4 is 15.2 Å². The Morgan fingerprint density at radius 3 is 2.67 bits per heavy atom. The van der Waals surface area contributed by atoms with Crippen LogP contribution in [0.2, 0.25) is 0 Å². The van der Waals surface area contributed by atoms with Crippen LogP contribution in [-0.2, 0) is 10.0 Å². The van der Waals surface area contributed by atoms with E-state index in [2.05, 4.69) is 5.32 Å². The highest BCUT2D eigenvalue weighted by molar-refractivity contribution is 7.89. The van der Waals surface area contributed by atoms with Crippen LogP contribution in [0, 0.1) is 11.6 Å². The second-order valence-corrected chi connectivity index (χ2v) is 5.86. The molecule has 21 heavy (non-hydrogen) atoms. The molecule has 1 saturated heterocycles. The van der Waals surface area contributed by atoms with Gasteiger partial charge in [-0.2, -0.15) is 0 Å². The summed E-state index contributed by atoms with van der Waals surface area (Å²) in [5, 5.41) is 7.46. The van der Waals surface area contributed by atoms with Gasteiger partial charge >= 0.3 is 6.03 Å². The van der Waals surface area contributed by atoms with Gasteiger partial charge in [-0.25, -0.2) is 27.1 Å². The van der Waals surface area contributed by atoms with Crippen LogP contribution in [0.3, 0.4) is 0 Å². The molecule has 1 aromatic rings. The quantitative estimate of drug-likeness (QED) is 0.798. The number of benzene rings is 1. The van der Waals surface area contributed by atoms with E-state index in [0.29, 0.717) is 25.2 Å². The smallest absolute Gasteiger partial charge is 0.317 e. The number of halogens is 2. The molecular formula is C11H13F2N3O4S. The summed E-state index contributed by atoms with van der Waals surface area (Å²) < 4.78 is 54.4. The molecule has 0 aromatic heterocycles. The Morgan fingerprint density at radius 1 is 1.38 bits per heavy atom. The molecule has 1 aliphatic rings. The van der Waals surface area contributed by atoms with Crippen molar-refractivity contribution < 1.29 is 26.7 Å². The fraction of sp³-hybridized carbons (Fsp3) is 0.364. The lowest BCUT2D eigenvalue weighted by atomic mass is 10.3. The highest BCUT2D eigenvalue weighted by atomic mass is 32.2. The third-order valence-electron chi connectivity index (χ3n) is 2.83. The van der Waals surface area contributed by atoms with Crippen LogP contribution in [0.25, 0.3) is 0 Å². The molecule has 3 N–H and O–H groups in total. The van der Waals surface area contributed by atoms with E-state index in [4.69, 9.17) is 9.88 Å². The van der Waals surface area contributed by atoms with E-state index in [1.807, 2.05) is 0 Å². The number of ether oxygens (including phenoxy) is 1. The number of amides is 2. The van der Waals surface area contributed by atoms with Gasteiger partial charge in [0.05, 0.1) is 6.54 Å². The van der Waals surface area contributed by atoms with Crippen molar-refractivity contribution in [2.24, 2.45) is 5.14 Å². The van der Waals surface area contributed by atoms with Gasteiger partial charge < -0.3 is 15.0 Å². The van der Waals surface area contributed by atoms with Crippen molar-refractivity contribution in [2.45, 2.75) is 4.90 Å². The molecule has 0 saturated carbocycles. The fourth-order valence-electron chi connectivity index (χ4n) is 1.87. The zero-order chi connectivity index (χ0) is 15.6. The number of rotatable bonds is 5. The van der Waals surface area contributed by atoms with Crippen LogP contribution in [0.15, 0.2) is 17.0 Å². The van der Waals surface area contributed by atoms with Crippen molar-refractivity contribution >= 4 is 16.1 Å². The Morgan fingerprint density at radius 2 is 2.10 bits per heavy atom. The van der Waals surface area contributed by atoms with Crippen LogP contribution in [0.4, 0.5) is 13.6 Å². The number of sulfonamides is 1. The average Bonchev–Trinajstić information content (AvgIpc) is 2.76. The van der Waals surface area contributed by atoms with Gasteiger partial charge in [0.25, 0.3) is 0 Å². The number of primary sulfonamides is 1. The van der Waals surface area contributed by atoms with E-state index in [1.54, 1.807) is 0 Å². The first-order valence-electron chi connectivity index (χ1n) is 5.96. The van der Waals surface area contributed by atoms with E-state index < -0.39 is 32.3 Å². The number of nitrogens with two attached hydrogens (primary N) is 1. The Bertz CT molecular complexity index is 666. The first kappa shape index (κ1) is 15.4. The van der Waals surface area contributed by atoms with E-state index in [1.165, 1.54) is 4.90 Å². The number of urea groups is 1. The molecule has 0 spiro atoms. The van der Waals surface area contributed by atoms with Crippen LogP contribution in [-0.4, -0.2) is 45.6 Å². The predicted octanol–water partition coefficient (Wildman–Crippen LogP) is 0.0162. The Labute approximate surface area is 119 Å². The van der Waals surface area contributed by atoms with Crippen molar-refractivity contribution in [2.75, 3.05) is 26.2 Å². The summed E-state index contributed by atoms with van der Waals surface area (Å²) in [5.74, 6) is -2.91. The highest BCUT2D eigenvalue weighted by Crippen LogP contribution is 2.27. The van der Waals surface area contributed by atoms with Crippen molar-refractivity contribution in [1.82, 2.24) is 10.2 Å². The molecule has 116 valence electrons. The third-order valence-corrected chi connectivity index (χ3v) is 3.75. The van der Waals surface area contributed by atoms with Crippen molar-refractivity contribution in [3.8, 4) is 5.75 Å². The summed E-state index contributed by atoms with van der Waals surface area (Å²) in [7, 11) is -4.34. The zero-order valence-electron chi connectivity index (χ0n) is 10.8. The van der Waals surface area contributed by atoms with Gasteiger partial charge in [-0.05, 0) is 6.07 Å². The highest BCUT2D eigenvalue weighted by Gasteiger charge is 2.23. The van der Waals surface area contributed by atoms with Crippen LogP contribution in [0.5, 0.6) is 5.75 Å². The molecule has 1 fully saturated rings. The Balaban J connectivity index is 2.14. The minimum absolute atomic E-state index is 0.132. The van der Waals surface area contributed by atoms with Gasteiger partial charge in [-0.15, -0.1) is 0 Å². The van der Waals surface area contributed by atoms with Crippen molar-refractivity contribution in [3.05, 3.63) is 23.8 Å². The van der Waals surface area contributed by atoms with Gasteiger partial charge in [-0.1, -0.05) is 0 Å². The lowest BCUT2D eigenvalue weighted by Gasteiger charge is -2.16. The topological polar surface area (TPSA) is 102 Å². The molecule has 2 amide bonds. The molecule has 0 bridgehead atoms. The van der Waals surface area contributed by atoms with Gasteiger partial charge in [-0.3, -0.25) is 0 Å².